The van der Waals surface area contributed by atoms with Gasteiger partial charge in [0.2, 0.25) is 5.88 Å². The molecule has 7 nitrogen and oxygen atoms in total. The van der Waals surface area contributed by atoms with E-state index in [1.807, 2.05) is 4.90 Å². The SMILES string of the molecule is CC(=O)c1cccc(NC(=O)c2cc(N3CCOCC3)on2)c1. The van der Waals surface area contributed by atoms with E-state index in [9.17, 15) is 9.59 Å². The fraction of sp³-hybridized carbons (Fsp3) is 0.312. The summed E-state index contributed by atoms with van der Waals surface area (Å²) in [6.45, 7) is 4.14. The Hall–Kier alpha value is -2.67. The third kappa shape index (κ3) is 3.57. The molecule has 0 bridgehead atoms. The minimum atomic E-state index is -0.381. The molecule has 1 amide bonds. The molecule has 2 aromatic rings. The van der Waals surface area contributed by atoms with Gasteiger partial charge in [0.25, 0.3) is 5.91 Å². The van der Waals surface area contributed by atoms with Crippen molar-refractivity contribution in [1.82, 2.24) is 5.16 Å². The molecule has 0 saturated carbocycles. The molecule has 2 heterocycles. The second-order valence-corrected chi connectivity index (χ2v) is 5.24. The first-order chi connectivity index (χ1) is 11.1. The quantitative estimate of drug-likeness (QED) is 0.868. The van der Waals surface area contributed by atoms with Crippen molar-refractivity contribution in [3.63, 3.8) is 0 Å². The maximum atomic E-state index is 12.2. The molecule has 1 aromatic heterocycles. The summed E-state index contributed by atoms with van der Waals surface area (Å²) in [4.78, 5) is 25.6. The van der Waals surface area contributed by atoms with Crippen LogP contribution < -0.4 is 10.2 Å². The van der Waals surface area contributed by atoms with Gasteiger partial charge < -0.3 is 19.5 Å². The Labute approximate surface area is 133 Å². The van der Waals surface area contributed by atoms with Gasteiger partial charge in [-0.05, 0) is 19.1 Å². The van der Waals surface area contributed by atoms with E-state index in [-0.39, 0.29) is 17.4 Å². The van der Waals surface area contributed by atoms with Gasteiger partial charge in [-0.3, -0.25) is 9.59 Å². The molecule has 1 aromatic carbocycles. The standard InChI is InChI=1S/C16H17N3O4/c1-11(20)12-3-2-4-13(9-12)17-16(21)14-10-15(23-18-14)19-5-7-22-8-6-19/h2-4,9-10H,5-8H2,1H3,(H,17,21). The Morgan fingerprint density at radius 1 is 1.22 bits per heavy atom. The Balaban J connectivity index is 1.70. The number of hydrogen-bond donors (Lipinski definition) is 1. The molecule has 1 fully saturated rings. The lowest BCUT2D eigenvalue weighted by Gasteiger charge is -2.25. The summed E-state index contributed by atoms with van der Waals surface area (Å²) in [7, 11) is 0. The highest BCUT2D eigenvalue weighted by Crippen LogP contribution is 2.18. The number of rotatable bonds is 4. The molecule has 23 heavy (non-hydrogen) atoms. The molecular weight excluding hydrogens is 298 g/mol. The second-order valence-electron chi connectivity index (χ2n) is 5.24. The highest BCUT2D eigenvalue weighted by Gasteiger charge is 2.19. The molecule has 0 unspecified atom stereocenters. The van der Waals surface area contributed by atoms with Crippen LogP contribution in [0.5, 0.6) is 0 Å². The molecular formula is C16H17N3O4. The van der Waals surface area contributed by atoms with Crippen molar-refractivity contribution in [3.05, 3.63) is 41.6 Å². The van der Waals surface area contributed by atoms with E-state index < -0.39 is 0 Å². The predicted molar refractivity (Wildman–Crippen MR) is 83.9 cm³/mol. The molecule has 1 N–H and O–H groups in total. The summed E-state index contributed by atoms with van der Waals surface area (Å²) >= 11 is 0. The van der Waals surface area contributed by atoms with Crippen LogP contribution in [0.3, 0.4) is 0 Å². The van der Waals surface area contributed by atoms with Crippen LogP contribution in [0, 0.1) is 0 Å². The van der Waals surface area contributed by atoms with Crippen molar-refractivity contribution in [2.24, 2.45) is 0 Å². The van der Waals surface area contributed by atoms with Crippen molar-refractivity contribution >= 4 is 23.3 Å². The summed E-state index contributed by atoms with van der Waals surface area (Å²) in [6.07, 6.45) is 0. The number of nitrogens with one attached hydrogen (secondary N) is 1. The lowest BCUT2D eigenvalue weighted by atomic mass is 10.1. The highest BCUT2D eigenvalue weighted by atomic mass is 16.5. The molecule has 3 rings (SSSR count). The average molecular weight is 315 g/mol. The smallest absolute Gasteiger partial charge is 0.277 e. The van der Waals surface area contributed by atoms with Gasteiger partial charge in [-0.25, -0.2) is 0 Å². The van der Waals surface area contributed by atoms with E-state index in [1.165, 1.54) is 6.92 Å². The van der Waals surface area contributed by atoms with E-state index in [1.54, 1.807) is 30.3 Å². The van der Waals surface area contributed by atoms with Crippen molar-refractivity contribution < 1.29 is 18.8 Å². The maximum Gasteiger partial charge on any atom is 0.277 e. The van der Waals surface area contributed by atoms with E-state index in [0.29, 0.717) is 43.4 Å². The molecule has 1 aliphatic rings. The number of morpholine rings is 1. The van der Waals surface area contributed by atoms with Crippen LogP contribution in [0.4, 0.5) is 11.6 Å². The van der Waals surface area contributed by atoms with Crippen LogP contribution in [0.15, 0.2) is 34.9 Å². The van der Waals surface area contributed by atoms with Crippen LogP contribution in [0.25, 0.3) is 0 Å². The fourth-order valence-electron chi connectivity index (χ4n) is 2.32. The fourth-order valence-corrected chi connectivity index (χ4v) is 2.32. The zero-order valence-electron chi connectivity index (χ0n) is 12.7. The van der Waals surface area contributed by atoms with Crippen molar-refractivity contribution in [1.29, 1.82) is 0 Å². The number of aromatic nitrogens is 1. The number of anilines is 2. The molecule has 0 spiro atoms. The van der Waals surface area contributed by atoms with Crippen LogP contribution in [0.2, 0.25) is 0 Å². The van der Waals surface area contributed by atoms with Gasteiger partial charge in [0.1, 0.15) is 0 Å². The number of carbonyl (C=O) groups is 2. The molecule has 120 valence electrons. The third-order valence-corrected chi connectivity index (χ3v) is 3.58. The zero-order valence-corrected chi connectivity index (χ0v) is 12.7. The lowest BCUT2D eigenvalue weighted by Crippen LogP contribution is -2.35. The minimum absolute atomic E-state index is 0.0582. The number of nitrogens with zero attached hydrogens (tertiary/aromatic N) is 2. The average Bonchev–Trinajstić information content (AvgIpc) is 3.06. The molecule has 0 atom stereocenters. The van der Waals surface area contributed by atoms with Gasteiger partial charge in [-0.2, -0.15) is 0 Å². The highest BCUT2D eigenvalue weighted by molar-refractivity contribution is 6.04. The number of amides is 1. The van der Waals surface area contributed by atoms with Crippen LogP contribution >= 0.6 is 0 Å². The number of carbonyl (C=O) groups excluding carboxylic acids is 2. The van der Waals surface area contributed by atoms with Gasteiger partial charge in [0.05, 0.1) is 13.2 Å². The van der Waals surface area contributed by atoms with Crippen molar-refractivity contribution in [2.75, 3.05) is 36.5 Å². The van der Waals surface area contributed by atoms with E-state index >= 15 is 0 Å². The number of Topliss-reactive ketones (excluding diaryl/α,β-unsaturated/α-hetero) is 1. The number of hydrogen-bond acceptors (Lipinski definition) is 6. The van der Waals surface area contributed by atoms with Gasteiger partial charge in [0.15, 0.2) is 11.5 Å². The molecule has 1 aliphatic heterocycles. The van der Waals surface area contributed by atoms with E-state index in [2.05, 4.69) is 10.5 Å². The van der Waals surface area contributed by atoms with Gasteiger partial charge >= 0.3 is 0 Å². The maximum absolute atomic E-state index is 12.2. The molecule has 0 aliphatic carbocycles. The van der Waals surface area contributed by atoms with Gasteiger partial charge in [0, 0.05) is 30.4 Å². The molecule has 0 radical (unpaired) electrons. The van der Waals surface area contributed by atoms with Crippen LogP contribution in [0.1, 0.15) is 27.8 Å². The largest absolute Gasteiger partial charge is 0.378 e. The topological polar surface area (TPSA) is 84.7 Å². The third-order valence-electron chi connectivity index (χ3n) is 3.58. The van der Waals surface area contributed by atoms with Crippen LogP contribution in [-0.2, 0) is 4.74 Å². The van der Waals surface area contributed by atoms with Gasteiger partial charge in [-0.1, -0.05) is 17.3 Å². The lowest BCUT2D eigenvalue weighted by molar-refractivity contribution is 0.100. The van der Waals surface area contributed by atoms with Crippen molar-refractivity contribution in [3.8, 4) is 0 Å². The van der Waals surface area contributed by atoms with E-state index in [4.69, 9.17) is 9.26 Å². The summed E-state index contributed by atoms with van der Waals surface area (Å²) in [5.41, 5.74) is 1.27. The summed E-state index contributed by atoms with van der Waals surface area (Å²) in [5.74, 6) is 0.113. The summed E-state index contributed by atoms with van der Waals surface area (Å²) in [5, 5.41) is 6.52. The van der Waals surface area contributed by atoms with Crippen LogP contribution in [-0.4, -0.2) is 43.2 Å². The number of ketones is 1. The first-order valence-electron chi connectivity index (χ1n) is 7.35. The number of ether oxygens (including phenoxy) is 1. The van der Waals surface area contributed by atoms with Gasteiger partial charge in [-0.15, -0.1) is 0 Å². The minimum Gasteiger partial charge on any atom is -0.378 e. The Bertz CT molecular complexity index is 720. The summed E-state index contributed by atoms with van der Waals surface area (Å²) < 4.78 is 10.5. The number of benzene rings is 1. The Kier molecular flexibility index (Phi) is 4.38. The Morgan fingerprint density at radius 3 is 2.74 bits per heavy atom. The first kappa shape index (κ1) is 15.2. The Morgan fingerprint density at radius 2 is 2.00 bits per heavy atom. The van der Waals surface area contributed by atoms with Crippen molar-refractivity contribution in [2.45, 2.75) is 6.92 Å². The monoisotopic (exact) mass is 315 g/mol. The normalized spacial score (nSPS) is 14.6. The first-order valence-corrected chi connectivity index (χ1v) is 7.35. The summed E-state index contributed by atoms with van der Waals surface area (Å²) in [6, 6.07) is 8.37. The predicted octanol–water partition coefficient (Wildman–Crippen LogP) is 1.97. The second kappa shape index (κ2) is 6.62. The molecule has 1 saturated heterocycles. The molecule has 7 heteroatoms. The zero-order chi connectivity index (χ0) is 16.2. The van der Waals surface area contributed by atoms with E-state index in [0.717, 1.165) is 0 Å².